The van der Waals surface area contributed by atoms with Crippen LogP contribution in [0.3, 0.4) is 0 Å². The molecule has 0 amide bonds. The molecule has 4 rings (SSSR count). The molecule has 2 aromatic carbocycles. The van der Waals surface area contributed by atoms with Crippen LogP contribution in [0.15, 0.2) is 69.5 Å². The van der Waals surface area contributed by atoms with Crippen molar-refractivity contribution in [2.24, 2.45) is 0 Å². The first kappa shape index (κ1) is 21.2. The maximum Gasteiger partial charge on any atom is 0.191 e. The van der Waals surface area contributed by atoms with Crippen LogP contribution in [0.5, 0.6) is 0 Å². The molecule has 4 heteroatoms. The Morgan fingerprint density at radius 2 is 0.821 bits per heavy atom. The molecule has 0 bridgehead atoms. The minimum absolute atomic E-state index is 0.750. The first-order valence-electron chi connectivity index (χ1n) is 9.28. The van der Waals surface area contributed by atoms with Gasteiger partial charge in [-0.05, 0) is 38.8 Å². The van der Waals surface area contributed by atoms with Gasteiger partial charge in [0.05, 0.1) is 11.4 Å². The van der Waals surface area contributed by atoms with E-state index < -0.39 is 0 Å². The number of hydrogen-bond acceptors (Lipinski definition) is 4. The lowest BCUT2D eigenvalue weighted by Crippen LogP contribution is -1.73. The van der Waals surface area contributed by atoms with Crippen LogP contribution >= 0.6 is 0 Å². The topological polar surface area (TPSA) is 52.1 Å². The van der Waals surface area contributed by atoms with E-state index in [9.17, 15) is 0 Å². The van der Waals surface area contributed by atoms with Crippen molar-refractivity contribution in [3.8, 4) is 11.1 Å². The summed E-state index contributed by atoms with van der Waals surface area (Å²) in [6, 6.07) is 20.8. The third kappa shape index (κ3) is 6.54. The molecule has 0 saturated heterocycles. The van der Waals surface area contributed by atoms with E-state index in [1.807, 2.05) is 53.7 Å². The summed E-state index contributed by atoms with van der Waals surface area (Å²) in [5.74, 6) is 3.34. The molecule has 4 aromatic rings. The molecule has 28 heavy (non-hydrogen) atoms. The summed E-state index contributed by atoms with van der Waals surface area (Å²) in [6.45, 7) is 11.4. The molecular weight excluding hydrogens is 348 g/mol. The molecule has 2 heterocycles. The third-order valence-corrected chi connectivity index (χ3v) is 4.15. The zero-order valence-corrected chi connectivity index (χ0v) is 17.5. The maximum atomic E-state index is 5.10. The van der Waals surface area contributed by atoms with Gasteiger partial charge in [-0.3, -0.25) is 0 Å². The van der Waals surface area contributed by atoms with Gasteiger partial charge in [0.1, 0.15) is 11.5 Å². The van der Waals surface area contributed by atoms with Crippen molar-refractivity contribution < 1.29 is 8.83 Å². The van der Waals surface area contributed by atoms with E-state index in [0.717, 1.165) is 34.7 Å². The van der Waals surface area contributed by atoms with Gasteiger partial charge < -0.3 is 8.83 Å². The van der Waals surface area contributed by atoms with Gasteiger partial charge in [0.25, 0.3) is 0 Å². The lowest BCUT2D eigenvalue weighted by Gasteiger charge is -1.98. The van der Waals surface area contributed by atoms with Crippen molar-refractivity contribution in [3.05, 3.63) is 95.4 Å². The third-order valence-electron chi connectivity index (χ3n) is 4.15. The Morgan fingerprint density at radius 3 is 1.00 bits per heavy atom. The molecule has 0 aliphatic carbocycles. The summed E-state index contributed by atoms with van der Waals surface area (Å²) < 4.78 is 10.2. The molecule has 0 spiro atoms. The van der Waals surface area contributed by atoms with Crippen LogP contribution < -0.4 is 0 Å². The van der Waals surface area contributed by atoms with Crippen molar-refractivity contribution in [3.63, 3.8) is 0 Å². The molecular formula is C24H28N2O2. The van der Waals surface area contributed by atoms with Crippen molar-refractivity contribution >= 4 is 0 Å². The zero-order valence-electron chi connectivity index (χ0n) is 17.5. The Hall–Kier alpha value is -3.14. The molecule has 4 nitrogen and oxygen atoms in total. The molecule has 0 unspecified atom stereocenters. The highest BCUT2D eigenvalue weighted by Gasteiger charge is 1.98. The summed E-state index contributed by atoms with van der Waals surface area (Å²) in [5.41, 5.74) is 4.53. The van der Waals surface area contributed by atoms with E-state index in [2.05, 4.69) is 58.5 Å². The predicted molar refractivity (Wildman–Crippen MR) is 113 cm³/mol. The summed E-state index contributed by atoms with van der Waals surface area (Å²) >= 11 is 0. The normalized spacial score (nSPS) is 9.79. The Labute approximate surface area is 167 Å². The number of hydrogen-bond donors (Lipinski definition) is 0. The van der Waals surface area contributed by atoms with Gasteiger partial charge in [0.2, 0.25) is 0 Å². The van der Waals surface area contributed by atoms with Gasteiger partial charge in [0.15, 0.2) is 11.8 Å². The average Bonchev–Trinajstić information content (AvgIpc) is 3.15. The highest BCUT2D eigenvalue weighted by Crippen LogP contribution is 2.17. The predicted octanol–water partition coefficient (Wildman–Crippen LogP) is 6.55. The Balaban J connectivity index is 0.000000156. The van der Waals surface area contributed by atoms with E-state index in [1.54, 1.807) is 0 Å². The van der Waals surface area contributed by atoms with E-state index >= 15 is 0 Å². The minimum atomic E-state index is 0.750. The van der Waals surface area contributed by atoms with Crippen LogP contribution in [0, 0.1) is 41.5 Å². The smallest absolute Gasteiger partial charge is 0.191 e. The van der Waals surface area contributed by atoms with Crippen LogP contribution in [0.1, 0.15) is 34.7 Å². The van der Waals surface area contributed by atoms with Crippen molar-refractivity contribution in [1.29, 1.82) is 0 Å². The monoisotopic (exact) mass is 376 g/mol. The van der Waals surface area contributed by atoms with E-state index in [1.165, 1.54) is 11.1 Å². The summed E-state index contributed by atoms with van der Waals surface area (Å²) in [6.07, 6.45) is 0. The first-order valence-corrected chi connectivity index (χ1v) is 9.28. The second-order valence-electron chi connectivity index (χ2n) is 6.48. The lowest BCUT2D eigenvalue weighted by atomic mass is 10.1. The van der Waals surface area contributed by atoms with Crippen molar-refractivity contribution in [2.45, 2.75) is 41.5 Å². The molecule has 0 radical (unpaired) electrons. The molecule has 2 aromatic heterocycles. The Morgan fingerprint density at radius 1 is 0.500 bits per heavy atom. The number of aromatic nitrogens is 2. The fraction of sp³-hybridized carbons (Fsp3) is 0.250. The summed E-state index contributed by atoms with van der Waals surface area (Å²) in [4.78, 5) is 8.09. The second kappa shape index (κ2) is 10.3. The van der Waals surface area contributed by atoms with Crippen molar-refractivity contribution in [2.75, 3.05) is 0 Å². The van der Waals surface area contributed by atoms with Gasteiger partial charge >= 0.3 is 0 Å². The van der Waals surface area contributed by atoms with Crippen LogP contribution in [0.2, 0.25) is 0 Å². The van der Waals surface area contributed by atoms with Crippen LogP contribution in [-0.4, -0.2) is 9.97 Å². The maximum absolute atomic E-state index is 5.10. The Kier molecular flexibility index (Phi) is 7.76. The number of aryl methyl sites for hydroxylation is 6. The molecule has 146 valence electrons. The number of nitrogens with zero attached hydrogens (tertiary/aromatic N) is 2. The average molecular weight is 377 g/mol. The number of oxazole rings is 2. The fourth-order valence-corrected chi connectivity index (χ4v) is 2.53. The van der Waals surface area contributed by atoms with Gasteiger partial charge in [-0.25, -0.2) is 9.97 Å². The Bertz CT molecular complexity index is 850. The van der Waals surface area contributed by atoms with Gasteiger partial charge in [-0.2, -0.15) is 0 Å². The summed E-state index contributed by atoms with van der Waals surface area (Å²) in [7, 11) is 0. The lowest BCUT2D eigenvalue weighted by molar-refractivity contribution is 0.493. The quantitative estimate of drug-likeness (QED) is 0.378. The van der Waals surface area contributed by atoms with Crippen molar-refractivity contribution in [1.82, 2.24) is 9.97 Å². The zero-order chi connectivity index (χ0) is 20.5. The molecule has 0 atom stereocenters. The number of rotatable bonds is 1. The van der Waals surface area contributed by atoms with E-state index in [0.29, 0.717) is 0 Å². The molecule has 0 aliphatic heterocycles. The fourth-order valence-electron chi connectivity index (χ4n) is 2.53. The highest BCUT2D eigenvalue weighted by atomic mass is 16.4. The van der Waals surface area contributed by atoms with E-state index in [4.69, 9.17) is 8.83 Å². The van der Waals surface area contributed by atoms with Gasteiger partial charge in [0, 0.05) is 13.8 Å². The molecule has 0 saturated carbocycles. The van der Waals surface area contributed by atoms with Crippen LogP contribution in [-0.2, 0) is 0 Å². The van der Waals surface area contributed by atoms with Gasteiger partial charge in [-0.15, -0.1) is 0 Å². The SMILES string of the molecule is Cc1nc(C)c(C)o1.Cc1nc(C)c(C)o1.c1ccc(-c2ccccc2)cc1. The molecule has 0 aliphatic rings. The van der Waals surface area contributed by atoms with Gasteiger partial charge in [-0.1, -0.05) is 60.7 Å². The summed E-state index contributed by atoms with van der Waals surface area (Å²) in [5, 5.41) is 0. The minimum Gasteiger partial charge on any atom is -0.446 e. The van der Waals surface area contributed by atoms with E-state index in [-0.39, 0.29) is 0 Å². The number of benzene rings is 2. The van der Waals surface area contributed by atoms with Crippen LogP contribution in [0.25, 0.3) is 11.1 Å². The molecule has 0 fully saturated rings. The van der Waals surface area contributed by atoms with Crippen LogP contribution in [0.4, 0.5) is 0 Å². The largest absolute Gasteiger partial charge is 0.446 e. The highest BCUT2D eigenvalue weighted by molar-refractivity contribution is 5.62. The second-order valence-corrected chi connectivity index (χ2v) is 6.48. The molecule has 0 N–H and O–H groups in total. The standard InChI is InChI=1S/C12H10.2C6H9NO/c1-3-7-11(8-4-1)12-9-5-2-6-10-12;2*1-4-5(2)8-6(3)7-4/h1-10H;2*1-3H3. The first-order chi connectivity index (χ1) is 13.4.